The zero-order valence-electron chi connectivity index (χ0n) is 11.8. The summed E-state index contributed by atoms with van der Waals surface area (Å²) in [6.07, 6.45) is 3.73. The normalized spacial score (nSPS) is 20.6. The van der Waals surface area contributed by atoms with Crippen molar-refractivity contribution in [3.8, 4) is 0 Å². The number of aliphatic hydroxyl groups is 1. The number of aliphatic hydroxyl groups excluding tert-OH is 1. The summed E-state index contributed by atoms with van der Waals surface area (Å²) in [5, 5.41) is 10.6. The second-order valence-electron chi connectivity index (χ2n) is 5.44. The van der Waals surface area contributed by atoms with Crippen LogP contribution in [0.3, 0.4) is 0 Å². The molecule has 0 heterocycles. The lowest BCUT2D eigenvalue weighted by Gasteiger charge is -2.26. The summed E-state index contributed by atoms with van der Waals surface area (Å²) in [5.74, 6) is 0.0288. The van der Waals surface area contributed by atoms with Crippen LogP contribution in [0.15, 0.2) is 54.6 Å². The maximum Gasteiger partial charge on any atom is 0.0899 e. The first-order valence-corrected chi connectivity index (χ1v) is 6.89. The third-order valence-corrected chi connectivity index (χ3v) is 3.93. The fraction of sp³-hybridized carbons (Fsp3) is 0.222. The predicted octanol–water partition coefficient (Wildman–Crippen LogP) is 3.60. The van der Waals surface area contributed by atoms with Gasteiger partial charge in [-0.3, -0.25) is 0 Å². The fourth-order valence-electron chi connectivity index (χ4n) is 2.73. The molecule has 0 spiro atoms. The molecule has 1 aliphatic rings. The van der Waals surface area contributed by atoms with Crippen molar-refractivity contribution >= 4 is 11.8 Å². The van der Waals surface area contributed by atoms with Gasteiger partial charge >= 0.3 is 0 Å². The van der Waals surface area contributed by atoms with Crippen molar-refractivity contribution in [1.82, 2.24) is 0 Å². The average molecular weight is 265 g/mol. The van der Waals surface area contributed by atoms with Crippen LogP contribution in [0.1, 0.15) is 28.7 Å². The summed E-state index contributed by atoms with van der Waals surface area (Å²) < 4.78 is 0. The number of nitrogens with zero attached hydrogens (tertiary/aromatic N) is 1. The molecule has 3 rings (SSSR count). The molecule has 20 heavy (non-hydrogen) atoms. The fourth-order valence-corrected chi connectivity index (χ4v) is 2.73. The van der Waals surface area contributed by atoms with Crippen LogP contribution in [-0.4, -0.2) is 19.2 Å². The highest BCUT2D eigenvalue weighted by Gasteiger charge is 2.25. The second kappa shape index (κ2) is 5.14. The Morgan fingerprint density at radius 2 is 1.65 bits per heavy atom. The molecule has 2 unspecified atom stereocenters. The van der Waals surface area contributed by atoms with E-state index in [0.29, 0.717) is 0 Å². The van der Waals surface area contributed by atoms with Crippen molar-refractivity contribution in [2.75, 3.05) is 19.0 Å². The minimum Gasteiger partial charge on any atom is -0.387 e. The van der Waals surface area contributed by atoms with Gasteiger partial charge in [-0.1, -0.05) is 48.6 Å². The van der Waals surface area contributed by atoms with E-state index in [1.807, 2.05) is 38.4 Å². The third kappa shape index (κ3) is 2.23. The molecule has 2 aromatic carbocycles. The first-order chi connectivity index (χ1) is 9.66. The quantitative estimate of drug-likeness (QED) is 0.897. The Kier molecular flexibility index (Phi) is 3.33. The van der Waals surface area contributed by atoms with Gasteiger partial charge in [0.25, 0.3) is 0 Å². The predicted molar refractivity (Wildman–Crippen MR) is 83.9 cm³/mol. The van der Waals surface area contributed by atoms with Crippen molar-refractivity contribution in [1.29, 1.82) is 0 Å². The van der Waals surface area contributed by atoms with Gasteiger partial charge in [0.15, 0.2) is 0 Å². The van der Waals surface area contributed by atoms with Crippen LogP contribution in [0.4, 0.5) is 5.69 Å². The lowest BCUT2D eigenvalue weighted by Crippen LogP contribution is -2.14. The molecule has 1 N–H and O–H groups in total. The zero-order valence-corrected chi connectivity index (χ0v) is 11.8. The molecular formula is C18H19NO. The molecule has 0 fully saturated rings. The van der Waals surface area contributed by atoms with Crippen LogP contribution in [0.25, 0.3) is 6.08 Å². The largest absolute Gasteiger partial charge is 0.387 e. The van der Waals surface area contributed by atoms with Gasteiger partial charge in [-0.2, -0.15) is 0 Å². The van der Waals surface area contributed by atoms with Crippen LogP contribution in [-0.2, 0) is 0 Å². The molecule has 0 saturated heterocycles. The summed E-state index contributed by atoms with van der Waals surface area (Å²) in [6, 6.07) is 16.4. The Morgan fingerprint density at radius 3 is 2.35 bits per heavy atom. The molecule has 0 bridgehead atoms. The molecule has 1 aliphatic carbocycles. The Hall–Kier alpha value is -2.06. The maximum absolute atomic E-state index is 10.6. The summed E-state index contributed by atoms with van der Waals surface area (Å²) in [7, 11) is 4.06. The lowest BCUT2D eigenvalue weighted by molar-refractivity contribution is 0.160. The molecule has 0 radical (unpaired) electrons. The number of anilines is 1. The molecule has 2 aromatic rings. The van der Waals surface area contributed by atoms with Gasteiger partial charge in [-0.15, -0.1) is 0 Å². The maximum atomic E-state index is 10.6. The Labute approximate surface area is 120 Å². The van der Waals surface area contributed by atoms with Gasteiger partial charge in [0.05, 0.1) is 6.10 Å². The van der Waals surface area contributed by atoms with E-state index in [0.717, 1.165) is 16.7 Å². The number of rotatable bonds is 2. The zero-order chi connectivity index (χ0) is 14.1. The van der Waals surface area contributed by atoms with Crippen molar-refractivity contribution in [3.63, 3.8) is 0 Å². The number of benzene rings is 2. The number of hydrogen-bond donors (Lipinski definition) is 1. The number of hydrogen-bond acceptors (Lipinski definition) is 2. The van der Waals surface area contributed by atoms with Gasteiger partial charge in [-0.05, 0) is 28.8 Å². The average Bonchev–Trinajstić information content (AvgIpc) is 2.48. The summed E-state index contributed by atoms with van der Waals surface area (Å²) >= 11 is 0. The van der Waals surface area contributed by atoms with Gasteiger partial charge in [0.1, 0.15) is 0 Å². The van der Waals surface area contributed by atoms with Gasteiger partial charge < -0.3 is 10.0 Å². The minimum absolute atomic E-state index is 0.0288. The molecule has 102 valence electrons. The Morgan fingerprint density at radius 1 is 0.950 bits per heavy atom. The van der Waals surface area contributed by atoms with E-state index < -0.39 is 6.10 Å². The van der Waals surface area contributed by atoms with Crippen LogP contribution in [0.2, 0.25) is 0 Å². The lowest BCUT2D eigenvalue weighted by atomic mass is 9.83. The van der Waals surface area contributed by atoms with Gasteiger partial charge in [0.2, 0.25) is 0 Å². The SMILES string of the molecule is CN(C)c1ccc(C2C=Cc3ccccc3C2O)cc1. The monoisotopic (exact) mass is 265 g/mol. The highest BCUT2D eigenvalue weighted by Crippen LogP contribution is 2.38. The molecule has 0 aliphatic heterocycles. The third-order valence-electron chi connectivity index (χ3n) is 3.93. The van der Waals surface area contributed by atoms with E-state index in [9.17, 15) is 5.11 Å². The first-order valence-electron chi connectivity index (χ1n) is 6.89. The van der Waals surface area contributed by atoms with Crippen molar-refractivity contribution in [2.24, 2.45) is 0 Å². The van der Waals surface area contributed by atoms with Crippen molar-refractivity contribution in [2.45, 2.75) is 12.0 Å². The van der Waals surface area contributed by atoms with E-state index >= 15 is 0 Å². The summed E-state index contributed by atoms with van der Waals surface area (Å²) in [5.41, 5.74) is 4.44. The Bertz CT molecular complexity index is 628. The molecule has 0 saturated carbocycles. The molecule has 2 atom stereocenters. The molecular weight excluding hydrogens is 246 g/mol. The highest BCUT2D eigenvalue weighted by molar-refractivity contribution is 5.60. The summed E-state index contributed by atoms with van der Waals surface area (Å²) in [4.78, 5) is 2.08. The van der Waals surface area contributed by atoms with Crippen LogP contribution < -0.4 is 4.90 Å². The van der Waals surface area contributed by atoms with Gasteiger partial charge in [0, 0.05) is 25.7 Å². The summed E-state index contributed by atoms with van der Waals surface area (Å²) in [6.45, 7) is 0. The molecule has 2 nitrogen and oxygen atoms in total. The van der Waals surface area contributed by atoms with E-state index in [1.54, 1.807) is 0 Å². The number of fused-ring (bicyclic) bond motifs is 1. The molecule has 2 heteroatoms. The van der Waals surface area contributed by atoms with E-state index in [-0.39, 0.29) is 5.92 Å². The molecule has 0 amide bonds. The Balaban J connectivity index is 1.93. The van der Waals surface area contributed by atoms with E-state index in [4.69, 9.17) is 0 Å². The van der Waals surface area contributed by atoms with E-state index in [1.165, 1.54) is 5.69 Å². The van der Waals surface area contributed by atoms with Crippen molar-refractivity contribution < 1.29 is 5.11 Å². The second-order valence-corrected chi connectivity index (χ2v) is 5.44. The van der Waals surface area contributed by atoms with Crippen molar-refractivity contribution in [3.05, 3.63) is 71.3 Å². The minimum atomic E-state index is -0.471. The van der Waals surface area contributed by atoms with Gasteiger partial charge in [-0.25, -0.2) is 0 Å². The standard InChI is InChI=1S/C18H19NO/c1-19(2)15-10-7-14(8-11-15)17-12-9-13-5-3-4-6-16(13)18(17)20/h3-12,17-18,20H,1-2H3. The topological polar surface area (TPSA) is 23.5 Å². The van der Waals surface area contributed by atoms with Crippen LogP contribution >= 0.6 is 0 Å². The van der Waals surface area contributed by atoms with Crippen LogP contribution in [0, 0.1) is 0 Å². The van der Waals surface area contributed by atoms with E-state index in [2.05, 4.69) is 41.3 Å². The van der Waals surface area contributed by atoms with Crippen LogP contribution in [0.5, 0.6) is 0 Å². The molecule has 0 aromatic heterocycles. The highest BCUT2D eigenvalue weighted by atomic mass is 16.3. The first kappa shape index (κ1) is 12.9. The smallest absolute Gasteiger partial charge is 0.0899 e.